The van der Waals surface area contributed by atoms with Gasteiger partial charge in [0, 0.05) is 4.47 Å². The summed E-state index contributed by atoms with van der Waals surface area (Å²) < 4.78 is 6.52. The monoisotopic (exact) mass is 418 g/mol. The van der Waals surface area contributed by atoms with Crippen LogP contribution in [0, 0.1) is 5.92 Å². The molecule has 1 aliphatic carbocycles. The van der Waals surface area contributed by atoms with Gasteiger partial charge in [-0.3, -0.25) is 9.69 Å². The van der Waals surface area contributed by atoms with Crippen LogP contribution in [0.25, 0.3) is 11.5 Å². The lowest BCUT2D eigenvalue weighted by atomic mass is 9.73. The van der Waals surface area contributed by atoms with E-state index in [1.807, 2.05) is 31.2 Å². The third-order valence-corrected chi connectivity index (χ3v) is 6.06. The Bertz CT molecular complexity index is 868. The zero-order chi connectivity index (χ0) is 18.3. The molecule has 2 unspecified atom stereocenters. The van der Waals surface area contributed by atoms with Gasteiger partial charge in [-0.05, 0) is 46.8 Å². The molecule has 3 amide bonds. The van der Waals surface area contributed by atoms with Gasteiger partial charge < -0.3 is 9.73 Å². The molecule has 1 saturated carbocycles. The largest absolute Gasteiger partial charge is 0.419 e. The summed E-state index contributed by atoms with van der Waals surface area (Å²) in [5, 5.41) is 11.0. The summed E-state index contributed by atoms with van der Waals surface area (Å²) in [5.74, 6) is 0.520. The molecule has 1 aliphatic heterocycles. The molecule has 1 aromatic carbocycles. The number of nitrogens with zero attached hydrogens (tertiary/aromatic N) is 3. The highest BCUT2D eigenvalue weighted by Crippen LogP contribution is 2.38. The van der Waals surface area contributed by atoms with Gasteiger partial charge in [0.05, 0.1) is 5.56 Å². The molecule has 1 spiro atoms. The fraction of sp³-hybridized carbons (Fsp3) is 0.444. The van der Waals surface area contributed by atoms with Gasteiger partial charge in [-0.2, -0.15) is 0 Å². The van der Waals surface area contributed by atoms with Crippen molar-refractivity contribution < 1.29 is 14.0 Å². The van der Waals surface area contributed by atoms with Gasteiger partial charge in [0.15, 0.2) is 0 Å². The summed E-state index contributed by atoms with van der Waals surface area (Å²) in [6.07, 6.45) is 3.65. The number of halogens is 1. The van der Waals surface area contributed by atoms with Crippen LogP contribution < -0.4 is 5.32 Å². The smallest absolute Gasteiger partial charge is 0.325 e. The lowest BCUT2D eigenvalue weighted by Crippen LogP contribution is -2.53. The molecule has 8 heteroatoms. The third-order valence-electron chi connectivity index (χ3n) is 5.37. The van der Waals surface area contributed by atoms with Crippen LogP contribution in [-0.2, 0) is 11.3 Å². The fourth-order valence-corrected chi connectivity index (χ4v) is 4.29. The van der Waals surface area contributed by atoms with E-state index in [9.17, 15) is 9.59 Å². The van der Waals surface area contributed by atoms with Crippen molar-refractivity contribution in [3.63, 3.8) is 0 Å². The number of hydrogen-bond donors (Lipinski definition) is 1. The Kier molecular flexibility index (Phi) is 4.30. The molecular weight excluding hydrogens is 400 g/mol. The molecule has 1 saturated heterocycles. The SMILES string of the molecule is CC1CCCCC12NC(=O)N(Cc1nnc(-c3ccccc3Br)o1)C2=O. The topological polar surface area (TPSA) is 88.3 Å². The number of rotatable bonds is 3. The Balaban J connectivity index is 1.56. The second kappa shape index (κ2) is 6.50. The molecule has 136 valence electrons. The van der Waals surface area contributed by atoms with E-state index < -0.39 is 5.54 Å². The normalized spacial score (nSPS) is 25.8. The van der Waals surface area contributed by atoms with Crippen LogP contribution in [0.3, 0.4) is 0 Å². The predicted molar refractivity (Wildman–Crippen MR) is 96.9 cm³/mol. The van der Waals surface area contributed by atoms with Gasteiger partial charge in [0.25, 0.3) is 5.91 Å². The minimum Gasteiger partial charge on any atom is -0.419 e. The molecule has 2 aromatic rings. The first kappa shape index (κ1) is 17.2. The lowest BCUT2D eigenvalue weighted by Gasteiger charge is -2.36. The van der Waals surface area contributed by atoms with Crippen molar-refractivity contribution in [2.75, 3.05) is 0 Å². The van der Waals surface area contributed by atoms with Crippen molar-refractivity contribution in [3.8, 4) is 11.5 Å². The van der Waals surface area contributed by atoms with E-state index in [1.54, 1.807) is 0 Å². The molecule has 1 aromatic heterocycles. The van der Waals surface area contributed by atoms with Gasteiger partial charge in [0.2, 0.25) is 11.8 Å². The van der Waals surface area contributed by atoms with Crippen molar-refractivity contribution in [2.45, 2.75) is 44.7 Å². The van der Waals surface area contributed by atoms with Crippen LogP contribution in [0.1, 0.15) is 38.5 Å². The van der Waals surface area contributed by atoms with Gasteiger partial charge in [-0.1, -0.05) is 31.9 Å². The molecular formula is C18H19BrN4O3. The highest BCUT2D eigenvalue weighted by Gasteiger charge is 2.55. The molecule has 2 heterocycles. The van der Waals surface area contributed by atoms with Gasteiger partial charge in [-0.25, -0.2) is 4.79 Å². The summed E-state index contributed by atoms with van der Waals surface area (Å²) >= 11 is 3.45. The van der Waals surface area contributed by atoms with Crippen LogP contribution in [0.5, 0.6) is 0 Å². The Morgan fingerprint density at radius 3 is 2.88 bits per heavy atom. The van der Waals surface area contributed by atoms with E-state index in [2.05, 4.69) is 31.4 Å². The molecule has 2 aliphatic rings. The number of benzene rings is 1. The summed E-state index contributed by atoms with van der Waals surface area (Å²) in [5.41, 5.74) is -0.0125. The maximum absolute atomic E-state index is 13.0. The molecule has 1 N–H and O–H groups in total. The average Bonchev–Trinajstić information content (AvgIpc) is 3.18. The third kappa shape index (κ3) is 2.72. The molecule has 26 heavy (non-hydrogen) atoms. The van der Waals surface area contributed by atoms with Crippen LogP contribution in [-0.4, -0.2) is 32.6 Å². The number of urea groups is 1. The minimum absolute atomic E-state index is 0.0173. The number of aromatic nitrogens is 2. The predicted octanol–water partition coefficient (Wildman–Crippen LogP) is 3.50. The molecule has 4 rings (SSSR count). The molecule has 0 radical (unpaired) electrons. The maximum Gasteiger partial charge on any atom is 0.325 e. The number of amides is 3. The number of carbonyl (C=O) groups excluding carboxylic acids is 2. The fourth-order valence-electron chi connectivity index (χ4n) is 3.84. The Morgan fingerprint density at radius 2 is 2.12 bits per heavy atom. The second-order valence-electron chi connectivity index (χ2n) is 6.92. The maximum atomic E-state index is 13.0. The Morgan fingerprint density at radius 1 is 1.31 bits per heavy atom. The first-order chi connectivity index (χ1) is 12.5. The van der Waals surface area contributed by atoms with Crippen LogP contribution in [0.2, 0.25) is 0 Å². The van der Waals surface area contributed by atoms with Gasteiger partial charge in [-0.15, -0.1) is 10.2 Å². The van der Waals surface area contributed by atoms with Crippen molar-refractivity contribution in [3.05, 3.63) is 34.6 Å². The number of carbonyl (C=O) groups is 2. The molecule has 2 fully saturated rings. The molecule has 7 nitrogen and oxygen atoms in total. The number of hydrogen-bond acceptors (Lipinski definition) is 5. The first-order valence-electron chi connectivity index (χ1n) is 8.72. The standard InChI is InChI=1S/C18H19BrN4O3/c1-11-6-4-5-9-18(11)16(24)23(17(25)20-18)10-14-21-22-15(26-14)12-7-2-3-8-13(12)19/h2-3,7-8,11H,4-6,9-10H2,1H3,(H,20,25). The van der Waals surface area contributed by atoms with Crippen LogP contribution >= 0.6 is 15.9 Å². The quantitative estimate of drug-likeness (QED) is 0.770. The highest BCUT2D eigenvalue weighted by molar-refractivity contribution is 9.10. The van der Waals surface area contributed by atoms with Crippen molar-refractivity contribution >= 4 is 27.9 Å². The van der Waals surface area contributed by atoms with E-state index in [-0.39, 0.29) is 30.3 Å². The zero-order valence-corrected chi connectivity index (χ0v) is 16.0. The highest BCUT2D eigenvalue weighted by atomic mass is 79.9. The van der Waals surface area contributed by atoms with Crippen molar-refractivity contribution in [2.24, 2.45) is 5.92 Å². The Hall–Kier alpha value is -2.22. The van der Waals surface area contributed by atoms with E-state index in [4.69, 9.17) is 4.42 Å². The summed E-state index contributed by atoms with van der Waals surface area (Å²) in [6.45, 7) is 2.01. The average molecular weight is 419 g/mol. The summed E-state index contributed by atoms with van der Waals surface area (Å²) in [6, 6.07) is 7.11. The first-order valence-corrected chi connectivity index (χ1v) is 9.52. The van der Waals surface area contributed by atoms with Crippen molar-refractivity contribution in [1.82, 2.24) is 20.4 Å². The van der Waals surface area contributed by atoms with E-state index in [1.165, 1.54) is 4.90 Å². The van der Waals surface area contributed by atoms with Crippen LogP contribution in [0.4, 0.5) is 4.79 Å². The van der Waals surface area contributed by atoms with Gasteiger partial charge in [0.1, 0.15) is 12.1 Å². The lowest BCUT2D eigenvalue weighted by molar-refractivity contribution is -0.134. The molecule has 0 bridgehead atoms. The van der Waals surface area contributed by atoms with E-state index >= 15 is 0 Å². The summed E-state index contributed by atoms with van der Waals surface area (Å²) in [7, 11) is 0. The zero-order valence-electron chi connectivity index (χ0n) is 14.4. The number of nitrogens with one attached hydrogen (secondary N) is 1. The van der Waals surface area contributed by atoms with E-state index in [0.29, 0.717) is 12.3 Å². The van der Waals surface area contributed by atoms with Crippen LogP contribution in [0.15, 0.2) is 33.2 Å². The minimum atomic E-state index is -0.777. The number of imide groups is 1. The van der Waals surface area contributed by atoms with Crippen molar-refractivity contribution in [1.29, 1.82) is 0 Å². The van der Waals surface area contributed by atoms with E-state index in [0.717, 1.165) is 29.3 Å². The Labute approximate surface area is 159 Å². The van der Waals surface area contributed by atoms with Gasteiger partial charge >= 0.3 is 6.03 Å². The molecule has 2 atom stereocenters. The second-order valence-corrected chi connectivity index (χ2v) is 7.77. The summed E-state index contributed by atoms with van der Waals surface area (Å²) in [4.78, 5) is 26.6.